The Labute approximate surface area is 204 Å². The van der Waals surface area contributed by atoms with Crippen molar-refractivity contribution in [1.82, 2.24) is 14.2 Å². The van der Waals surface area contributed by atoms with Gasteiger partial charge in [-0.25, -0.2) is 9.55 Å². The molecule has 35 heavy (non-hydrogen) atoms. The minimum atomic E-state index is -0.323. The minimum Gasteiger partial charge on any atom is -0.494 e. The van der Waals surface area contributed by atoms with Gasteiger partial charge in [0.05, 0.1) is 22.9 Å². The van der Waals surface area contributed by atoms with Crippen molar-refractivity contribution >= 4 is 38.5 Å². The number of aromatic nitrogens is 3. The fraction of sp³-hybridized carbons (Fsp3) is 0.185. The lowest BCUT2D eigenvalue weighted by atomic mass is 10.1. The van der Waals surface area contributed by atoms with Crippen LogP contribution in [0.5, 0.6) is 5.88 Å². The van der Waals surface area contributed by atoms with E-state index in [9.17, 15) is 14.7 Å². The number of hydrogen-bond acceptors (Lipinski definition) is 6. The Morgan fingerprint density at radius 2 is 1.86 bits per heavy atom. The highest BCUT2D eigenvalue weighted by Gasteiger charge is 2.22. The molecule has 7 nitrogen and oxygen atoms in total. The third-order valence-electron chi connectivity index (χ3n) is 6.62. The summed E-state index contributed by atoms with van der Waals surface area (Å²) in [5, 5.41) is 17.3. The molecular formula is C27H22N4O3S. The van der Waals surface area contributed by atoms with Crippen LogP contribution in [0, 0.1) is 13.8 Å². The number of benzene rings is 2. The lowest BCUT2D eigenvalue weighted by Crippen LogP contribution is -2.21. The molecular weight excluding hydrogens is 460 g/mol. The molecule has 0 atom stereocenters. The fourth-order valence-corrected chi connectivity index (χ4v) is 6.17. The number of aryl methyl sites for hydroxylation is 4. The van der Waals surface area contributed by atoms with Gasteiger partial charge in [0, 0.05) is 15.6 Å². The molecule has 1 N–H and O–H groups in total. The summed E-state index contributed by atoms with van der Waals surface area (Å²) in [6, 6.07) is 12.8. The normalized spacial score (nSPS) is 13.3. The summed E-state index contributed by atoms with van der Waals surface area (Å²) < 4.78 is 2.50. The largest absolute Gasteiger partial charge is 0.494 e. The molecule has 0 bridgehead atoms. The van der Waals surface area contributed by atoms with Gasteiger partial charge in [-0.1, -0.05) is 35.9 Å². The number of pyridine rings is 1. The second-order valence-corrected chi connectivity index (χ2v) is 9.97. The smallest absolute Gasteiger partial charge is 0.282 e. The topological polar surface area (TPSA) is 89.5 Å². The maximum atomic E-state index is 13.4. The van der Waals surface area contributed by atoms with Gasteiger partial charge in [0.15, 0.2) is 0 Å². The molecule has 0 amide bonds. The van der Waals surface area contributed by atoms with Crippen LogP contribution < -0.4 is 11.1 Å². The summed E-state index contributed by atoms with van der Waals surface area (Å²) in [6.07, 6.45) is 5.75. The predicted molar refractivity (Wildman–Crippen MR) is 140 cm³/mol. The van der Waals surface area contributed by atoms with Gasteiger partial charge in [-0.2, -0.15) is 9.78 Å². The van der Waals surface area contributed by atoms with E-state index in [0.717, 1.165) is 40.8 Å². The molecule has 3 heterocycles. The molecule has 0 spiro atoms. The predicted octanol–water partition coefficient (Wildman–Crippen LogP) is 4.46. The lowest BCUT2D eigenvalue weighted by molar-refractivity contribution is 0.436. The summed E-state index contributed by atoms with van der Waals surface area (Å²) in [7, 11) is 0. The Kier molecular flexibility index (Phi) is 4.93. The summed E-state index contributed by atoms with van der Waals surface area (Å²) >= 11 is 1.58. The van der Waals surface area contributed by atoms with Crippen LogP contribution in [0.25, 0.3) is 26.7 Å². The Bertz CT molecular complexity index is 1810. The van der Waals surface area contributed by atoms with Gasteiger partial charge in [-0.15, -0.1) is 11.3 Å². The van der Waals surface area contributed by atoms with Crippen LogP contribution >= 0.6 is 11.3 Å². The van der Waals surface area contributed by atoms with Crippen LogP contribution in [0.3, 0.4) is 0 Å². The van der Waals surface area contributed by atoms with Crippen molar-refractivity contribution in [2.24, 2.45) is 5.10 Å². The van der Waals surface area contributed by atoms with Crippen LogP contribution in [0.2, 0.25) is 0 Å². The molecule has 8 heteroatoms. The van der Waals surface area contributed by atoms with E-state index in [1.807, 2.05) is 32.0 Å². The Hall–Kier alpha value is -4.04. The molecule has 0 saturated carbocycles. The summed E-state index contributed by atoms with van der Waals surface area (Å²) in [4.78, 5) is 33.0. The van der Waals surface area contributed by atoms with Crippen LogP contribution in [0.15, 0.2) is 63.5 Å². The average Bonchev–Trinajstić information content (AvgIpc) is 3.43. The molecule has 1 aliphatic carbocycles. The monoisotopic (exact) mass is 482 g/mol. The molecule has 174 valence electrons. The highest BCUT2D eigenvalue weighted by molar-refractivity contribution is 7.18. The van der Waals surface area contributed by atoms with E-state index in [2.05, 4.69) is 10.1 Å². The van der Waals surface area contributed by atoms with Crippen molar-refractivity contribution in [3.8, 4) is 11.6 Å². The highest BCUT2D eigenvalue weighted by atomic mass is 32.1. The van der Waals surface area contributed by atoms with Gasteiger partial charge < -0.3 is 5.11 Å². The number of fused-ring (bicyclic) bond motifs is 4. The number of hydrogen-bond donors (Lipinski definition) is 1. The van der Waals surface area contributed by atoms with Crippen LogP contribution in [0.1, 0.15) is 33.6 Å². The maximum absolute atomic E-state index is 13.4. The molecule has 6 rings (SSSR count). The molecule has 0 saturated heterocycles. The molecule has 1 aliphatic rings. The molecule has 3 aromatic heterocycles. The second kappa shape index (κ2) is 8.02. The molecule has 0 aliphatic heterocycles. The van der Waals surface area contributed by atoms with Crippen molar-refractivity contribution in [3.63, 3.8) is 0 Å². The van der Waals surface area contributed by atoms with Crippen molar-refractivity contribution in [1.29, 1.82) is 0 Å². The third-order valence-corrected chi connectivity index (χ3v) is 7.82. The van der Waals surface area contributed by atoms with E-state index >= 15 is 0 Å². The van der Waals surface area contributed by atoms with E-state index in [1.165, 1.54) is 26.7 Å². The van der Waals surface area contributed by atoms with Gasteiger partial charge >= 0.3 is 0 Å². The summed E-state index contributed by atoms with van der Waals surface area (Å²) in [6.45, 7) is 3.88. The quantitative estimate of drug-likeness (QED) is 0.385. The van der Waals surface area contributed by atoms with Crippen LogP contribution in [-0.4, -0.2) is 25.5 Å². The van der Waals surface area contributed by atoms with Gasteiger partial charge in [-0.05, 0) is 56.4 Å². The number of nitrogens with zero attached hydrogens (tertiary/aromatic N) is 4. The SMILES string of the molecule is Cc1ccc(-n2c(O)c(/C=N/n3cnc4sc5c(c4c3=O)CCC5)c3ccccc3c2=O)c(C)c1. The zero-order valence-corrected chi connectivity index (χ0v) is 20.1. The van der Waals surface area contributed by atoms with Gasteiger partial charge in [-0.3, -0.25) is 9.59 Å². The van der Waals surface area contributed by atoms with Crippen molar-refractivity contribution in [2.45, 2.75) is 33.1 Å². The van der Waals surface area contributed by atoms with Crippen molar-refractivity contribution in [2.75, 3.05) is 0 Å². The van der Waals surface area contributed by atoms with E-state index in [-0.39, 0.29) is 17.0 Å². The van der Waals surface area contributed by atoms with Crippen molar-refractivity contribution < 1.29 is 5.11 Å². The first-order chi connectivity index (χ1) is 16.9. The van der Waals surface area contributed by atoms with Crippen molar-refractivity contribution in [3.05, 3.63) is 96.6 Å². The first-order valence-corrected chi connectivity index (χ1v) is 12.3. The average molecular weight is 483 g/mol. The molecule has 0 fully saturated rings. The van der Waals surface area contributed by atoms with E-state index in [4.69, 9.17) is 0 Å². The van der Waals surface area contributed by atoms with E-state index in [0.29, 0.717) is 27.4 Å². The molecule has 0 radical (unpaired) electrons. The number of thiophene rings is 1. The first kappa shape index (κ1) is 21.5. The second-order valence-electron chi connectivity index (χ2n) is 8.89. The zero-order valence-electron chi connectivity index (χ0n) is 19.3. The molecule has 0 unspecified atom stereocenters. The fourth-order valence-electron chi connectivity index (χ4n) is 4.95. The van der Waals surface area contributed by atoms with Gasteiger partial charge in [0.1, 0.15) is 11.2 Å². The van der Waals surface area contributed by atoms with E-state index in [1.54, 1.807) is 35.6 Å². The molecule has 5 aromatic rings. The van der Waals surface area contributed by atoms with Gasteiger partial charge in [0.2, 0.25) is 5.88 Å². The standard InChI is InChI=1S/C27H22N4O3S/c1-15-10-11-21(16(2)12-15)31-25(32)18-7-4-3-6-17(18)20(26(31)33)13-29-30-14-28-24-23(27(30)34)19-8-5-9-22(19)35-24/h3-4,6-7,10-14,33H,5,8-9H2,1-2H3/b29-13+. The first-order valence-electron chi connectivity index (χ1n) is 11.4. The minimum absolute atomic E-state index is 0.225. The number of aromatic hydroxyl groups is 1. The third kappa shape index (κ3) is 3.32. The molecule has 2 aromatic carbocycles. The Balaban J connectivity index is 1.57. The van der Waals surface area contributed by atoms with E-state index < -0.39 is 0 Å². The van der Waals surface area contributed by atoms with Crippen LogP contribution in [0.4, 0.5) is 0 Å². The highest BCUT2D eigenvalue weighted by Crippen LogP contribution is 2.34. The maximum Gasteiger partial charge on any atom is 0.282 e. The summed E-state index contributed by atoms with van der Waals surface area (Å²) in [5.74, 6) is -0.233. The lowest BCUT2D eigenvalue weighted by Gasteiger charge is -2.16. The Morgan fingerprint density at radius 1 is 1.06 bits per heavy atom. The number of rotatable bonds is 3. The van der Waals surface area contributed by atoms with Crippen LogP contribution in [-0.2, 0) is 12.8 Å². The zero-order chi connectivity index (χ0) is 24.3. The summed E-state index contributed by atoms with van der Waals surface area (Å²) in [5.41, 5.74) is 3.40. The Morgan fingerprint density at radius 3 is 2.66 bits per heavy atom. The van der Waals surface area contributed by atoms with Gasteiger partial charge in [0.25, 0.3) is 11.1 Å².